The van der Waals surface area contributed by atoms with E-state index < -0.39 is 5.82 Å². The number of carbonyl (C=O) groups is 1. The molecular formula is C23H24FN5O2. The molecule has 0 unspecified atom stereocenters. The van der Waals surface area contributed by atoms with Crippen LogP contribution in [0.2, 0.25) is 0 Å². The van der Waals surface area contributed by atoms with Gasteiger partial charge in [0, 0.05) is 49.6 Å². The van der Waals surface area contributed by atoms with Gasteiger partial charge >= 0.3 is 0 Å². The van der Waals surface area contributed by atoms with E-state index in [1.165, 1.54) is 6.07 Å². The minimum absolute atomic E-state index is 0.0888. The molecule has 3 aromatic rings. The van der Waals surface area contributed by atoms with E-state index in [1.54, 1.807) is 28.9 Å². The smallest absolute Gasteiger partial charge is 0.222 e. The Kier molecular flexibility index (Phi) is 5.15. The molecule has 5 heterocycles. The Labute approximate surface area is 179 Å². The predicted molar refractivity (Wildman–Crippen MR) is 117 cm³/mol. The highest BCUT2D eigenvalue weighted by atomic mass is 19.1. The van der Waals surface area contributed by atoms with E-state index in [-0.39, 0.29) is 24.5 Å². The molecule has 160 valence electrons. The quantitative estimate of drug-likeness (QED) is 0.634. The molecule has 0 spiro atoms. The van der Waals surface area contributed by atoms with Crippen LogP contribution in [0.15, 0.2) is 36.7 Å². The van der Waals surface area contributed by atoms with Crippen LogP contribution < -0.4 is 9.64 Å². The number of anilines is 1. The molecule has 2 aliphatic heterocycles. The third kappa shape index (κ3) is 3.90. The molecule has 8 heteroatoms. The van der Waals surface area contributed by atoms with Crippen molar-refractivity contribution in [2.45, 2.75) is 12.8 Å². The van der Waals surface area contributed by atoms with Crippen molar-refractivity contribution >= 4 is 28.9 Å². The number of rotatable bonds is 2. The Morgan fingerprint density at radius 3 is 2.87 bits per heavy atom. The number of aromatic nitrogens is 3. The lowest BCUT2D eigenvalue weighted by Gasteiger charge is -2.23. The van der Waals surface area contributed by atoms with E-state index in [9.17, 15) is 9.18 Å². The summed E-state index contributed by atoms with van der Waals surface area (Å²) in [4.78, 5) is 26.5. The summed E-state index contributed by atoms with van der Waals surface area (Å²) in [5.74, 6) is 0.876. The summed E-state index contributed by atoms with van der Waals surface area (Å²) >= 11 is 0. The van der Waals surface area contributed by atoms with Gasteiger partial charge in [-0.1, -0.05) is 0 Å². The zero-order valence-corrected chi connectivity index (χ0v) is 17.4. The third-order valence-electron chi connectivity index (χ3n) is 5.80. The van der Waals surface area contributed by atoms with Crippen molar-refractivity contribution in [3.8, 4) is 5.88 Å². The van der Waals surface area contributed by atoms with Crippen LogP contribution in [0.5, 0.6) is 5.88 Å². The van der Waals surface area contributed by atoms with Crippen molar-refractivity contribution in [2.24, 2.45) is 0 Å². The number of allylic oxidation sites excluding steroid dienone is 1. The van der Waals surface area contributed by atoms with Crippen LogP contribution in [0.25, 0.3) is 17.3 Å². The van der Waals surface area contributed by atoms with Gasteiger partial charge in [0.05, 0.1) is 12.3 Å². The number of hydrogen-bond acceptors (Lipinski definition) is 6. The molecule has 0 atom stereocenters. The fourth-order valence-electron chi connectivity index (χ4n) is 4.06. The van der Waals surface area contributed by atoms with E-state index in [4.69, 9.17) is 9.72 Å². The van der Waals surface area contributed by atoms with Crippen LogP contribution in [0.3, 0.4) is 0 Å². The summed E-state index contributed by atoms with van der Waals surface area (Å²) in [5.41, 5.74) is 1.81. The number of Topliss-reactive ketones (excluding diaryl/α,β-unsaturated/α-hetero) is 1. The molecular weight excluding hydrogens is 397 g/mol. The first-order valence-corrected chi connectivity index (χ1v) is 10.5. The number of fused-ring (bicyclic) bond motifs is 2. The van der Waals surface area contributed by atoms with Gasteiger partial charge < -0.3 is 18.9 Å². The lowest BCUT2D eigenvalue weighted by atomic mass is 10.0. The topological polar surface area (TPSA) is 63.0 Å². The fraction of sp³-hybridized carbons (Fsp3) is 0.348. The first-order chi connectivity index (χ1) is 15.1. The number of hydrogen-bond donors (Lipinski definition) is 0. The number of pyridine rings is 2. The van der Waals surface area contributed by atoms with Crippen molar-refractivity contribution in [2.75, 3.05) is 44.7 Å². The van der Waals surface area contributed by atoms with Crippen LogP contribution in [0.4, 0.5) is 10.2 Å². The molecule has 0 aromatic carbocycles. The van der Waals surface area contributed by atoms with Crippen LogP contribution in [-0.2, 0) is 4.79 Å². The van der Waals surface area contributed by atoms with Crippen LogP contribution in [0.1, 0.15) is 24.1 Å². The van der Waals surface area contributed by atoms with Gasteiger partial charge in [-0.05, 0) is 50.4 Å². The maximum absolute atomic E-state index is 14.1. The molecule has 0 amide bonds. The maximum atomic E-state index is 14.1. The molecule has 0 bridgehead atoms. The zero-order valence-electron chi connectivity index (χ0n) is 17.4. The third-order valence-corrected chi connectivity index (χ3v) is 5.80. The van der Waals surface area contributed by atoms with Gasteiger partial charge in [0.15, 0.2) is 17.2 Å². The first-order valence-electron chi connectivity index (χ1n) is 10.5. The van der Waals surface area contributed by atoms with E-state index in [1.807, 2.05) is 12.1 Å². The van der Waals surface area contributed by atoms with Crippen molar-refractivity contribution in [1.29, 1.82) is 0 Å². The largest absolute Gasteiger partial charge is 0.477 e. The average molecular weight is 421 g/mol. The van der Waals surface area contributed by atoms with Crippen LogP contribution in [0, 0.1) is 5.82 Å². The van der Waals surface area contributed by atoms with Gasteiger partial charge in [-0.2, -0.15) is 4.98 Å². The Hall–Kier alpha value is -3.26. The minimum Gasteiger partial charge on any atom is -0.477 e. The van der Waals surface area contributed by atoms with Crippen molar-refractivity contribution in [3.05, 3.63) is 53.7 Å². The van der Waals surface area contributed by atoms with E-state index in [0.29, 0.717) is 17.1 Å². The van der Waals surface area contributed by atoms with Gasteiger partial charge in [-0.3, -0.25) is 4.79 Å². The molecule has 0 saturated carbocycles. The summed E-state index contributed by atoms with van der Waals surface area (Å²) in [6.07, 6.45) is 6.44. The number of halogens is 1. The molecule has 0 radical (unpaired) electrons. The molecule has 5 rings (SSSR count). The summed E-state index contributed by atoms with van der Waals surface area (Å²) < 4.78 is 21.5. The Balaban J connectivity index is 1.52. The minimum atomic E-state index is -0.425. The Bertz CT molecular complexity index is 1170. The fourth-order valence-corrected chi connectivity index (χ4v) is 4.06. The summed E-state index contributed by atoms with van der Waals surface area (Å²) in [6, 6.07) is 6.87. The van der Waals surface area contributed by atoms with Crippen molar-refractivity contribution < 1.29 is 13.9 Å². The second-order valence-electron chi connectivity index (χ2n) is 8.00. The van der Waals surface area contributed by atoms with Crippen molar-refractivity contribution in [1.82, 2.24) is 19.3 Å². The second kappa shape index (κ2) is 8.11. The molecule has 31 heavy (non-hydrogen) atoms. The first kappa shape index (κ1) is 19.7. The lowest BCUT2D eigenvalue weighted by Crippen LogP contribution is -2.29. The maximum Gasteiger partial charge on any atom is 0.222 e. The molecule has 0 aliphatic carbocycles. The number of carbonyl (C=O) groups excluding carboxylic acids is 1. The van der Waals surface area contributed by atoms with Gasteiger partial charge in [-0.25, -0.2) is 9.37 Å². The van der Waals surface area contributed by atoms with E-state index >= 15 is 0 Å². The highest BCUT2D eigenvalue weighted by molar-refractivity contribution is 6.25. The van der Waals surface area contributed by atoms with E-state index in [2.05, 4.69) is 21.8 Å². The number of nitrogens with zero attached hydrogens (tertiary/aromatic N) is 5. The molecule has 1 saturated heterocycles. The normalized spacial score (nSPS) is 18.1. The second-order valence-corrected chi connectivity index (χ2v) is 8.00. The monoisotopic (exact) mass is 421 g/mol. The van der Waals surface area contributed by atoms with Crippen LogP contribution in [-0.4, -0.2) is 64.9 Å². The molecule has 1 fully saturated rings. The zero-order chi connectivity index (χ0) is 21.4. The highest BCUT2D eigenvalue weighted by Gasteiger charge is 2.22. The Morgan fingerprint density at radius 1 is 1.10 bits per heavy atom. The average Bonchev–Trinajstić information content (AvgIpc) is 3.07. The van der Waals surface area contributed by atoms with Gasteiger partial charge in [0.1, 0.15) is 5.82 Å². The van der Waals surface area contributed by atoms with Crippen molar-refractivity contribution in [3.63, 3.8) is 0 Å². The number of ketones is 1. The van der Waals surface area contributed by atoms with Crippen LogP contribution >= 0.6 is 0 Å². The standard InChI is InChI=1S/C23H24FN5O2/c1-27-8-3-10-28(12-11-27)21-6-5-16-14-17(20(30)7-13-31-23(16)26-21)19-15-29-9-2-4-18(24)22(29)25-19/h2,4-6,9,14-15H,3,7-8,10-13H2,1H3. The molecule has 2 aliphatic rings. The number of likely N-dealkylation sites (N-methyl/N-ethyl adjacent to an activating group) is 1. The van der Waals surface area contributed by atoms with E-state index in [0.717, 1.165) is 44.0 Å². The highest BCUT2D eigenvalue weighted by Crippen LogP contribution is 2.30. The number of imidazole rings is 1. The summed E-state index contributed by atoms with van der Waals surface area (Å²) in [6.45, 7) is 4.16. The SMILES string of the molecule is CN1CCCN(c2ccc3c(n2)OCCC(=O)C(c2cn4cccc(F)c4n2)=C3)CC1. The summed E-state index contributed by atoms with van der Waals surface area (Å²) in [5, 5.41) is 0. The van der Waals surface area contributed by atoms with Gasteiger partial charge in [0.25, 0.3) is 0 Å². The molecule has 7 nitrogen and oxygen atoms in total. The summed E-state index contributed by atoms with van der Waals surface area (Å²) in [7, 11) is 2.13. The predicted octanol–water partition coefficient (Wildman–Crippen LogP) is 2.90. The van der Waals surface area contributed by atoms with Gasteiger partial charge in [0.2, 0.25) is 5.88 Å². The molecule has 3 aromatic heterocycles. The lowest BCUT2D eigenvalue weighted by molar-refractivity contribution is -0.114. The number of ether oxygens (including phenoxy) is 1. The van der Waals surface area contributed by atoms with Gasteiger partial charge in [-0.15, -0.1) is 0 Å². The Morgan fingerprint density at radius 2 is 2.00 bits per heavy atom. The molecule has 0 N–H and O–H groups in total.